The smallest absolute Gasteiger partial charge is 0.415 e. The monoisotopic (exact) mass is 280 g/mol. The molecule has 0 saturated heterocycles. The zero-order chi connectivity index (χ0) is 15.3. The van der Waals surface area contributed by atoms with Gasteiger partial charge in [-0.3, -0.25) is 0 Å². The third-order valence-electron chi connectivity index (χ3n) is 2.85. The van der Waals surface area contributed by atoms with E-state index in [1.165, 1.54) is 0 Å². The van der Waals surface area contributed by atoms with Gasteiger partial charge in [-0.25, -0.2) is 4.79 Å². The molecule has 0 fully saturated rings. The fourth-order valence-corrected chi connectivity index (χ4v) is 1.76. The van der Waals surface area contributed by atoms with Crippen LogP contribution in [0, 0.1) is 12.3 Å². The number of rotatable bonds is 3. The summed E-state index contributed by atoms with van der Waals surface area (Å²) in [4.78, 5) is 11.8. The molecule has 0 N–H and O–H groups in total. The Balaban J connectivity index is 2.23. The Bertz CT molecular complexity index is 666. The summed E-state index contributed by atoms with van der Waals surface area (Å²) >= 11 is 0. The number of benzene rings is 2. The van der Waals surface area contributed by atoms with Gasteiger partial charge in [-0.1, -0.05) is 54.5 Å². The van der Waals surface area contributed by atoms with Crippen LogP contribution in [-0.2, 0) is 4.74 Å². The Morgan fingerprint density at radius 2 is 1.67 bits per heavy atom. The van der Waals surface area contributed by atoms with Crippen molar-refractivity contribution in [2.75, 3.05) is 0 Å². The summed E-state index contributed by atoms with van der Waals surface area (Å²) in [5.41, 5.74) is 0.768. The third-order valence-corrected chi connectivity index (χ3v) is 2.85. The summed E-state index contributed by atoms with van der Waals surface area (Å²) in [6.45, 7) is 3.24. The lowest BCUT2D eigenvalue weighted by Gasteiger charge is -2.18. The van der Waals surface area contributed by atoms with Crippen LogP contribution in [0.15, 0.2) is 54.6 Å². The van der Waals surface area contributed by atoms with Gasteiger partial charge in [0.15, 0.2) is 5.60 Å². The van der Waals surface area contributed by atoms with Gasteiger partial charge in [-0.2, -0.15) is 0 Å². The Morgan fingerprint density at radius 3 is 2.33 bits per heavy atom. The molecule has 0 aliphatic rings. The molecule has 0 heterocycles. The van der Waals surface area contributed by atoms with Crippen molar-refractivity contribution in [2.24, 2.45) is 0 Å². The van der Waals surface area contributed by atoms with Crippen molar-refractivity contribution < 1.29 is 14.3 Å². The lowest BCUT2D eigenvalue weighted by Crippen LogP contribution is -2.27. The van der Waals surface area contributed by atoms with Crippen LogP contribution in [0.5, 0.6) is 5.75 Å². The van der Waals surface area contributed by atoms with Gasteiger partial charge in [0, 0.05) is 5.56 Å². The van der Waals surface area contributed by atoms with Gasteiger partial charge in [0.05, 0.1) is 0 Å². The van der Waals surface area contributed by atoms with Gasteiger partial charge in [0.25, 0.3) is 0 Å². The highest BCUT2D eigenvalue weighted by Gasteiger charge is 2.22. The third kappa shape index (κ3) is 3.87. The number of para-hydroxylation sites is 1. The van der Waals surface area contributed by atoms with Crippen molar-refractivity contribution in [3.63, 3.8) is 0 Å². The molecule has 0 radical (unpaired) electrons. The summed E-state index contributed by atoms with van der Waals surface area (Å²) in [5.74, 6) is 2.81. The zero-order valence-electron chi connectivity index (χ0n) is 12.0. The number of carbonyl (C=O) groups excluding carboxylic acids is 1. The first-order valence-corrected chi connectivity index (χ1v) is 6.55. The van der Waals surface area contributed by atoms with Crippen molar-refractivity contribution in [3.8, 4) is 29.2 Å². The van der Waals surface area contributed by atoms with Gasteiger partial charge in [0.1, 0.15) is 5.75 Å². The fourth-order valence-electron chi connectivity index (χ4n) is 1.76. The second-order valence-electron chi connectivity index (χ2n) is 4.97. The molecule has 106 valence electrons. The fraction of sp³-hybridized carbons (Fsp3) is 0.167. The second-order valence-corrected chi connectivity index (χ2v) is 4.97. The number of carbonyl (C=O) groups is 1. The SMILES string of the molecule is C#CC(C)(C)OC(=O)Oc1ccccc1-c1ccccc1. The first-order valence-electron chi connectivity index (χ1n) is 6.55. The maximum absolute atomic E-state index is 11.8. The predicted molar refractivity (Wildman–Crippen MR) is 81.9 cm³/mol. The van der Waals surface area contributed by atoms with E-state index in [0.29, 0.717) is 5.75 Å². The second kappa shape index (κ2) is 6.15. The molecule has 21 heavy (non-hydrogen) atoms. The average molecular weight is 280 g/mol. The van der Waals surface area contributed by atoms with Crippen LogP contribution in [0.2, 0.25) is 0 Å². The molecular weight excluding hydrogens is 264 g/mol. The summed E-state index contributed by atoms with van der Waals surface area (Å²) in [6, 6.07) is 16.9. The number of ether oxygens (including phenoxy) is 2. The summed E-state index contributed by atoms with van der Waals surface area (Å²) < 4.78 is 10.4. The molecule has 0 bridgehead atoms. The maximum atomic E-state index is 11.8. The molecule has 0 aliphatic heterocycles. The van der Waals surface area contributed by atoms with Crippen LogP contribution in [0.25, 0.3) is 11.1 Å². The molecule has 2 aromatic carbocycles. The van der Waals surface area contributed by atoms with E-state index < -0.39 is 11.8 Å². The van der Waals surface area contributed by atoms with E-state index in [2.05, 4.69) is 5.92 Å². The molecule has 3 nitrogen and oxygen atoms in total. The van der Waals surface area contributed by atoms with Crippen LogP contribution < -0.4 is 4.74 Å². The van der Waals surface area contributed by atoms with Crippen LogP contribution in [0.4, 0.5) is 4.79 Å². The van der Waals surface area contributed by atoms with E-state index in [9.17, 15) is 4.79 Å². The maximum Gasteiger partial charge on any atom is 0.515 e. The molecule has 0 spiro atoms. The summed E-state index contributed by atoms with van der Waals surface area (Å²) in [5, 5.41) is 0. The Morgan fingerprint density at radius 1 is 1.05 bits per heavy atom. The van der Waals surface area contributed by atoms with Crippen LogP contribution in [0.1, 0.15) is 13.8 Å². The molecule has 0 aromatic heterocycles. The number of hydrogen-bond acceptors (Lipinski definition) is 3. The molecule has 0 unspecified atom stereocenters. The molecule has 2 aromatic rings. The van der Waals surface area contributed by atoms with Crippen molar-refractivity contribution in [1.82, 2.24) is 0 Å². The van der Waals surface area contributed by atoms with Gasteiger partial charge in [-0.05, 0) is 25.5 Å². The number of hydrogen-bond donors (Lipinski definition) is 0. The molecule has 2 rings (SSSR count). The normalized spacial score (nSPS) is 10.5. The van der Waals surface area contributed by atoms with Gasteiger partial charge in [0.2, 0.25) is 0 Å². The van der Waals surface area contributed by atoms with Crippen molar-refractivity contribution in [3.05, 3.63) is 54.6 Å². The molecule has 0 saturated carbocycles. The molecule has 0 atom stereocenters. The summed E-state index contributed by atoms with van der Waals surface area (Å²) in [7, 11) is 0. The van der Waals surface area contributed by atoms with Crippen LogP contribution in [-0.4, -0.2) is 11.8 Å². The highest BCUT2D eigenvalue weighted by Crippen LogP contribution is 2.30. The largest absolute Gasteiger partial charge is 0.515 e. The van der Waals surface area contributed by atoms with Gasteiger partial charge < -0.3 is 9.47 Å². The van der Waals surface area contributed by atoms with E-state index in [1.807, 2.05) is 42.5 Å². The van der Waals surface area contributed by atoms with Crippen molar-refractivity contribution >= 4 is 6.16 Å². The molecule has 0 aliphatic carbocycles. The lowest BCUT2D eigenvalue weighted by atomic mass is 10.1. The average Bonchev–Trinajstić information content (AvgIpc) is 2.48. The summed E-state index contributed by atoms with van der Waals surface area (Å²) in [6.07, 6.45) is 4.47. The quantitative estimate of drug-likeness (QED) is 0.478. The van der Waals surface area contributed by atoms with Crippen LogP contribution >= 0.6 is 0 Å². The Kier molecular flexibility index (Phi) is 4.30. The first-order chi connectivity index (χ1) is 10.0. The van der Waals surface area contributed by atoms with E-state index in [-0.39, 0.29) is 0 Å². The predicted octanol–water partition coefficient (Wildman–Crippen LogP) is 4.28. The number of terminal acetylenes is 1. The first kappa shape index (κ1) is 14.7. The van der Waals surface area contributed by atoms with Crippen molar-refractivity contribution in [2.45, 2.75) is 19.4 Å². The van der Waals surface area contributed by atoms with E-state index in [1.54, 1.807) is 26.0 Å². The van der Waals surface area contributed by atoms with Crippen LogP contribution in [0.3, 0.4) is 0 Å². The standard InChI is InChI=1S/C18H16O3/c1-4-18(2,3)21-17(19)20-16-13-9-8-12-15(16)14-10-6-5-7-11-14/h1,5-13H,2-3H3. The molecule has 0 amide bonds. The molecular formula is C18H16O3. The van der Waals surface area contributed by atoms with Gasteiger partial charge >= 0.3 is 6.16 Å². The Labute approximate surface area is 124 Å². The topological polar surface area (TPSA) is 35.5 Å². The van der Waals surface area contributed by atoms with Crippen molar-refractivity contribution in [1.29, 1.82) is 0 Å². The van der Waals surface area contributed by atoms with Gasteiger partial charge in [-0.15, -0.1) is 6.42 Å². The minimum atomic E-state index is -1.00. The highest BCUT2D eigenvalue weighted by molar-refractivity contribution is 5.74. The molecule has 3 heteroatoms. The zero-order valence-corrected chi connectivity index (χ0v) is 12.0. The highest BCUT2D eigenvalue weighted by atomic mass is 16.7. The minimum absolute atomic E-state index is 0.432. The van der Waals surface area contributed by atoms with E-state index in [4.69, 9.17) is 15.9 Å². The van der Waals surface area contributed by atoms with E-state index in [0.717, 1.165) is 11.1 Å². The lowest BCUT2D eigenvalue weighted by molar-refractivity contribution is 0.0420. The Hall–Kier alpha value is -2.73. The van der Waals surface area contributed by atoms with E-state index >= 15 is 0 Å². The minimum Gasteiger partial charge on any atom is -0.415 e.